The number of ketones is 1. The van der Waals surface area contributed by atoms with Crippen molar-refractivity contribution in [2.45, 2.75) is 20.3 Å². The van der Waals surface area contributed by atoms with E-state index >= 15 is 0 Å². The van der Waals surface area contributed by atoms with Crippen LogP contribution in [0.3, 0.4) is 0 Å². The minimum atomic E-state index is -0.579. The quantitative estimate of drug-likeness (QED) is 0.358. The normalized spacial score (nSPS) is 29.7. The topological polar surface area (TPSA) is 74.8 Å². The molecule has 1 heterocycles. The maximum atomic E-state index is 13.7. The average molecular weight is 489 g/mol. The van der Waals surface area contributed by atoms with Gasteiger partial charge in [0.15, 0.2) is 5.78 Å². The van der Waals surface area contributed by atoms with E-state index in [1.165, 1.54) is 12.1 Å². The molecule has 3 fully saturated rings. The number of carbonyl (C=O) groups is 4. The fraction of sp³-hybridized carbons (Fsp3) is 0.357. The highest BCUT2D eigenvalue weighted by Gasteiger charge is 2.68. The second-order valence-electron chi connectivity index (χ2n) is 10.2. The van der Waals surface area contributed by atoms with E-state index in [4.69, 9.17) is 11.6 Å². The van der Waals surface area contributed by atoms with E-state index in [2.05, 4.69) is 12.2 Å². The maximum Gasteiger partial charge on any atom is 0.273 e. The maximum absolute atomic E-state index is 13.7. The minimum absolute atomic E-state index is 0.0272. The lowest BCUT2D eigenvalue weighted by Crippen LogP contribution is -2.52. The highest BCUT2D eigenvalue weighted by molar-refractivity contribution is 6.30. The first-order chi connectivity index (χ1) is 16.8. The van der Waals surface area contributed by atoms with Gasteiger partial charge in [-0.25, -0.2) is 5.01 Å². The molecule has 5 aliphatic rings. The lowest BCUT2D eigenvalue weighted by Gasteiger charge is -2.37. The van der Waals surface area contributed by atoms with Crippen molar-refractivity contribution >= 4 is 35.1 Å². The monoisotopic (exact) mass is 488 g/mol. The smallest absolute Gasteiger partial charge is 0.273 e. The Labute approximate surface area is 208 Å². The molecule has 178 valence electrons. The number of halogens is 1. The van der Waals surface area contributed by atoms with Gasteiger partial charge in [-0.1, -0.05) is 35.9 Å². The molecule has 0 spiro atoms. The van der Waals surface area contributed by atoms with Crippen LogP contribution in [0.15, 0.2) is 54.6 Å². The Morgan fingerprint density at radius 1 is 0.886 bits per heavy atom. The van der Waals surface area contributed by atoms with E-state index in [1.54, 1.807) is 24.3 Å². The molecule has 2 aromatic rings. The molecule has 4 aliphatic carbocycles. The van der Waals surface area contributed by atoms with Gasteiger partial charge in [0.1, 0.15) is 6.54 Å². The van der Waals surface area contributed by atoms with Crippen molar-refractivity contribution in [1.29, 1.82) is 0 Å². The third-order valence-electron chi connectivity index (χ3n) is 8.33. The van der Waals surface area contributed by atoms with Crippen molar-refractivity contribution < 1.29 is 19.2 Å². The number of allylic oxidation sites excluding steroid dienone is 2. The summed E-state index contributed by atoms with van der Waals surface area (Å²) in [6.07, 6.45) is 5.22. The van der Waals surface area contributed by atoms with Crippen molar-refractivity contribution in [3.8, 4) is 0 Å². The Morgan fingerprint density at radius 2 is 1.46 bits per heavy atom. The molecule has 0 N–H and O–H groups in total. The molecular formula is C28H25ClN2O4. The summed E-state index contributed by atoms with van der Waals surface area (Å²) in [6, 6.07) is 11.6. The number of hydrazine groups is 1. The van der Waals surface area contributed by atoms with Crippen LogP contribution in [0.2, 0.25) is 5.02 Å². The zero-order chi connectivity index (χ0) is 24.6. The number of nitrogens with zero attached hydrogens (tertiary/aromatic N) is 2. The van der Waals surface area contributed by atoms with Crippen LogP contribution in [-0.2, 0) is 9.59 Å². The molecule has 6 nitrogen and oxygen atoms in total. The largest absolute Gasteiger partial charge is 0.292 e. The molecule has 35 heavy (non-hydrogen) atoms. The van der Waals surface area contributed by atoms with Gasteiger partial charge < -0.3 is 0 Å². The summed E-state index contributed by atoms with van der Waals surface area (Å²) in [7, 11) is 0. The Kier molecular flexibility index (Phi) is 5.01. The molecule has 7 rings (SSSR count). The summed E-state index contributed by atoms with van der Waals surface area (Å²) in [4.78, 5) is 54.4. The highest BCUT2D eigenvalue weighted by Crippen LogP contribution is 2.65. The van der Waals surface area contributed by atoms with Crippen LogP contribution >= 0.6 is 11.6 Å². The molecule has 0 unspecified atom stereocenters. The van der Waals surface area contributed by atoms with E-state index in [9.17, 15) is 19.2 Å². The first-order valence-electron chi connectivity index (χ1n) is 12.0. The third-order valence-corrected chi connectivity index (χ3v) is 8.58. The minimum Gasteiger partial charge on any atom is -0.292 e. The molecular weight excluding hydrogens is 464 g/mol. The van der Waals surface area contributed by atoms with Gasteiger partial charge in [0.25, 0.3) is 17.7 Å². The van der Waals surface area contributed by atoms with Crippen molar-refractivity contribution in [3.63, 3.8) is 0 Å². The van der Waals surface area contributed by atoms with Gasteiger partial charge in [0.05, 0.1) is 11.8 Å². The lowest BCUT2D eigenvalue weighted by atomic mass is 9.63. The van der Waals surface area contributed by atoms with Crippen molar-refractivity contribution in [1.82, 2.24) is 10.0 Å². The Hall–Kier alpha value is -3.25. The Bertz CT molecular complexity index is 1280. The number of Topliss-reactive ketones (excluding diaryl/α,β-unsaturated/α-hetero) is 1. The fourth-order valence-corrected chi connectivity index (χ4v) is 6.42. The molecule has 6 atom stereocenters. The van der Waals surface area contributed by atoms with Gasteiger partial charge in [-0.05, 0) is 85.4 Å². The Morgan fingerprint density at radius 3 is 2.03 bits per heavy atom. The summed E-state index contributed by atoms with van der Waals surface area (Å²) >= 11 is 6.00. The molecule has 2 saturated carbocycles. The van der Waals surface area contributed by atoms with Crippen LogP contribution in [0, 0.1) is 49.4 Å². The van der Waals surface area contributed by atoms with Crippen LogP contribution in [-0.4, -0.2) is 40.1 Å². The predicted molar refractivity (Wildman–Crippen MR) is 129 cm³/mol. The van der Waals surface area contributed by atoms with Crippen molar-refractivity contribution in [2.24, 2.45) is 35.5 Å². The molecule has 2 bridgehead atoms. The van der Waals surface area contributed by atoms with Crippen LogP contribution < -0.4 is 0 Å². The number of imide groups is 1. The van der Waals surface area contributed by atoms with E-state index in [-0.39, 0.29) is 35.0 Å². The van der Waals surface area contributed by atoms with Crippen LogP contribution in [0.5, 0.6) is 0 Å². The molecule has 0 aromatic heterocycles. The molecule has 0 radical (unpaired) electrons. The summed E-state index contributed by atoms with van der Waals surface area (Å²) in [6.45, 7) is 3.46. The van der Waals surface area contributed by atoms with Gasteiger partial charge in [0.2, 0.25) is 0 Å². The third kappa shape index (κ3) is 3.38. The molecule has 2 aromatic carbocycles. The number of hydrogen-bond acceptors (Lipinski definition) is 4. The van der Waals surface area contributed by atoms with Crippen LogP contribution in [0.25, 0.3) is 0 Å². The Balaban J connectivity index is 1.36. The van der Waals surface area contributed by atoms with E-state index in [0.717, 1.165) is 27.6 Å². The van der Waals surface area contributed by atoms with Gasteiger partial charge in [-0.15, -0.1) is 0 Å². The van der Waals surface area contributed by atoms with Gasteiger partial charge in [-0.3, -0.25) is 19.2 Å². The van der Waals surface area contributed by atoms with Gasteiger partial charge >= 0.3 is 0 Å². The molecule has 3 amide bonds. The SMILES string of the molecule is Cc1ccc(C(=O)CN(C(=O)c2ccc(Cl)cc2)N2C(=O)[C@@H]3[C@H]4C=C[C@@H]([C@@H]5C[C@H]45)[C@H]3C2=O)cc1C. The van der Waals surface area contributed by atoms with Crippen LogP contribution in [0.1, 0.15) is 38.3 Å². The summed E-state index contributed by atoms with van der Waals surface area (Å²) in [5.41, 5.74) is 2.68. The summed E-state index contributed by atoms with van der Waals surface area (Å²) < 4.78 is 0. The zero-order valence-corrected chi connectivity index (χ0v) is 20.2. The van der Waals surface area contributed by atoms with E-state index in [0.29, 0.717) is 22.4 Å². The number of hydrogen-bond donors (Lipinski definition) is 0. The number of amides is 3. The number of carbonyl (C=O) groups excluding carboxylic acids is 4. The number of rotatable bonds is 5. The first-order valence-corrected chi connectivity index (χ1v) is 12.4. The highest BCUT2D eigenvalue weighted by atomic mass is 35.5. The lowest BCUT2D eigenvalue weighted by molar-refractivity contribution is -0.154. The van der Waals surface area contributed by atoms with Crippen LogP contribution in [0.4, 0.5) is 0 Å². The number of aryl methyl sites for hydroxylation is 2. The number of benzene rings is 2. The predicted octanol–water partition coefficient (Wildman–Crippen LogP) is 4.25. The van der Waals surface area contributed by atoms with E-state index < -0.39 is 24.3 Å². The second kappa shape index (κ2) is 7.89. The zero-order valence-electron chi connectivity index (χ0n) is 19.5. The van der Waals surface area contributed by atoms with Gasteiger partial charge in [-0.2, -0.15) is 5.01 Å². The average Bonchev–Trinajstić information content (AvgIpc) is 3.63. The van der Waals surface area contributed by atoms with Crippen molar-refractivity contribution in [2.75, 3.05) is 6.54 Å². The summed E-state index contributed by atoms with van der Waals surface area (Å²) in [5, 5.41) is 2.48. The molecule has 1 aliphatic heterocycles. The molecule has 1 saturated heterocycles. The van der Waals surface area contributed by atoms with Crippen molar-refractivity contribution in [3.05, 3.63) is 81.9 Å². The summed E-state index contributed by atoms with van der Waals surface area (Å²) in [5.74, 6) is -1.64. The van der Waals surface area contributed by atoms with Gasteiger partial charge in [0, 0.05) is 16.1 Å². The molecule has 7 heteroatoms. The second-order valence-corrected chi connectivity index (χ2v) is 10.7. The van der Waals surface area contributed by atoms with E-state index in [1.807, 2.05) is 19.9 Å². The first kappa shape index (κ1) is 22.2. The standard InChI is InChI=1S/C28H25ClN2O4/c1-14-3-4-17(11-15(14)2)23(32)13-30(26(33)16-5-7-18(29)8-6-16)31-27(34)24-19-9-10-20(22-12-21(19)22)25(24)28(31)35/h3-11,19-22,24-25H,12-13H2,1-2H3/t19-,20-,21-,22+,24+,25+/m0/s1. The fourth-order valence-electron chi connectivity index (χ4n) is 6.30.